The molecule has 0 bridgehead atoms. The molecule has 2 aliphatic rings. The van der Waals surface area contributed by atoms with E-state index < -0.39 is 0 Å². The predicted octanol–water partition coefficient (Wildman–Crippen LogP) is 4.50. The fourth-order valence-corrected chi connectivity index (χ4v) is 4.98. The summed E-state index contributed by atoms with van der Waals surface area (Å²) in [7, 11) is 4.20. The van der Waals surface area contributed by atoms with Crippen LogP contribution in [0.3, 0.4) is 0 Å². The molecular weight excluding hydrogens is 388 g/mol. The Bertz CT molecular complexity index is 750. The van der Waals surface area contributed by atoms with E-state index in [9.17, 15) is 9.59 Å². The van der Waals surface area contributed by atoms with Crippen molar-refractivity contribution in [2.24, 2.45) is 11.8 Å². The van der Waals surface area contributed by atoms with Gasteiger partial charge in [-0.25, -0.2) is 4.79 Å². The largest absolute Gasteiger partial charge is 0.339 e. The van der Waals surface area contributed by atoms with Gasteiger partial charge in [0.1, 0.15) is 0 Å². The summed E-state index contributed by atoms with van der Waals surface area (Å²) >= 11 is 0. The molecule has 0 aromatic heterocycles. The van der Waals surface area contributed by atoms with E-state index in [2.05, 4.69) is 36.6 Å². The van der Waals surface area contributed by atoms with Gasteiger partial charge in [0.2, 0.25) is 0 Å². The Morgan fingerprint density at radius 2 is 1.77 bits per heavy atom. The number of carbonyl (C=O) groups is 2. The number of rotatable bonds is 6. The number of nitrogens with zero attached hydrogens (tertiary/aromatic N) is 2. The lowest BCUT2D eigenvalue weighted by Gasteiger charge is -2.35. The number of piperidine rings is 1. The summed E-state index contributed by atoms with van der Waals surface area (Å²) in [5, 5.41) is 6.03. The van der Waals surface area contributed by atoms with Gasteiger partial charge in [0, 0.05) is 36.9 Å². The van der Waals surface area contributed by atoms with E-state index in [4.69, 9.17) is 0 Å². The Labute approximate surface area is 187 Å². The minimum atomic E-state index is -0.185. The number of anilines is 1. The highest BCUT2D eigenvalue weighted by molar-refractivity contribution is 5.96. The Hall–Kier alpha value is -2.08. The van der Waals surface area contributed by atoms with E-state index in [0.717, 1.165) is 37.2 Å². The van der Waals surface area contributed by atoms with Crippen LogP contribution in [0.25, 0.3) is 0 Å². The van der Waals surface area contributed by atoms with Crippen LogP contribution in [-0.2, 0) is 0 Å². The number of hydrogen-bond acceptors (Lipinski definition) is 3. The molecule has 6 heteroatoms. The quantitative estimate of drug-likeness (QED) is 0.701. The summed E-state index contributed by atoms with van der Waals surface area (Å²) < 4.78 is 0. The zero-order valence-electron chi connectivity index (χ0n) is 19.7. The summed E-state index contributed by atoms with van der Waals surface area (Å²) in [6.07, 6.45) is 8.55. The highest BCUT2D eigenvalue weighted by atomic mass is 16.2. The molecule has 0 spiro atoms. The first-order valence-electron chi connectivity index (χ1n) is 12.0. The highest BCUT2D eigenvalue weighted by Gasteiger charge is 2.26. The second kappa shape index (κ2) is 11.0. The number of nitrogens with one attached hydrogen (secondary N) is 2. The lowest BCUT2D eigenvalue weighted by Crippen LogP contribution is -2.46. The standard InChI is InChI=1S/C25H40N4O2/c1-18-12-14-29(15-13-18)24(30)21-10-11-22(19(2)16-21)27-25(31)26-17-23(28(3)4)20-8-6-5-7-9-20/h10-11,16,18,20,23H,5-9,12-15,17H2,1-4H3,(H2,26,27,31). The molecule has 3 amide bonds. The molecule has 1 aromatic carbocycles. The van der Waals surface area contributed by atoms with Crippen LogP contribution in [0.2, 0.25) is 0 Å². The van der Waals surface area contributed by atoms with Crippen LogP contribution in [0.1, 0.15) is 67.8 Å². The van der Waals surface area contributed by atoms with Crippen LogP contribution in [0.5, 0.6) is 0 Å². The SMILES string of the molecule is Cc1cc(C(=O)N2CCC(C)CC2)ccc1NC(=O)NCC(C1CCCCC1)N(C)C. The topological polar surface area (TPSA) is 64.7 Å². The third-order valence-corrected chi connectivity index (χ3v) is 7.12. The molecule has 31 heavy (non-hydrogen) atoms. The van der Waals surface area contributed by atoms with Crippen LogP contribution < -0.4 is 10.6 Å². The molecule has 6 nitrogen and oxygen atoms in total. The molecule has 1 saturated carbocycles. The summed E-state index contributed by atoms with van der Waals surface area (Å²) in [6.45, 7) is 6.49. The maximum atomic E-state index is 12.8. The van der Waals surface area contributed by atoms with Crippen molar-refractivity contribution in [3.05, 3.63) is 29.3 Å². The van der Waals surface area contributed by atoms with E-state index in [1.165, 1.54) is 32.1 Å². The Morgan fingerprint density at radius 1 is 1.10 bits per heavy atom. The molecule has 1 heterocycles. The number of hydrogen-bond donors (Lipinski definition) is 2. The maximum Gasteiger partial charge on any atom is 0.319 e. The minimum Gasteiger partial charge on any atom is -0.339 e. The molecule has 1 aromatic rings. The van der Waals surface area contributed by atoms with Crippen molar-refractivity contribution in [1.82, 2.24) is 15.1 Å². The van der Waals surface area contributed by atoms with Crippen molar-refractivity contribution < 1.29 is 9.59 Å². The number of amides is 3. The van der Waals surface area contributed by atoms with Gasteiger partial charge in [-0.3, -0.25) is 4.79 Å². The summed E-state index contributed by atoms with van der Waals surface area (Å²) in [5.41, 5.74) is 2.35. The smallest absolute Gasteiger partial charge is 0.319 e. The first-order chi connectivity index (χ1) is 14.8. The average Bonchev–Trinajstić information content (AvgIpc) is 2.76. The van der Waals surface area contributed by atoms with E-state index in [0.29, 0.717) is 30.0 Å². The van der Waals surface area contributed by atoms with Gasteiger partial charge in [0.05, 0.1) is 0 Å². The Morgan fingerprint density at radius 3 is 2.39 bits per heavy atom. The van der Waals surface area contributed by atoms with Crippen LogP contribution in [0, 0.1) is 18.8 Å². The minimum absolute atomic E-state index is 0.0901. The first kappa shape index (κ1) is 23.6. The van der Waals surface area contributed by atoms with Crippen molar-refractivity contribution in [2.75, 3.05) is 39.0 Å². The Kier molecular flexibility index (Phi) is 8.35. The lowest BCUT2D eigenvalue weighted by molar-refractivity contribution is 0.0697. The molecule has 1 aliphatic carbocycles. The third-order valence-electron chi connectivity index (χ3n) is 7.12. The van der Waals surface area contributed by atoms with E-state index in [1.807, 2.05) is 30.0 Å². The molecule has 172 valence electrons. The van der Waals surface area contributed by atoms with Crippen LogP contribution in [0.4, 0.5) is 10.5 Å². The number of benzene rings is 1. The van der Waals surface area contributed by atoms with Gasteiger partial charge in [-0.05, 0) is 82.3 Å². The van der Waals surface area contributed by atoms with Crippen LogP contribution in [0.15, 0.2) is 18.2 Å². The van der Waals surface area contributed by atoms with Gasteiger partial charge in [-0.2, -0.15) is 0 Å². The number of urea groups is 1. The fourth-order valence-electron chi connectivity index (χ4n) is 4.98. The predicted molar refractivity (Wildman–Crippen MR) is 127 cm³/mol. The zero-order chi connectivity index (χ0) is 22.4. The molecule has 1 saturated heterocycles. The fraction of sp³-hybridized carbons (Fsp3) is 0.680. The summed E-state index contributed by atoms with van der Waals surface area (Å²) in [4.78, 5) is 29.5. The van der Waals surface area contributed by atoms with Crippen molar-refractivity contribution >= 4 is 17.6 Å². The van der Waals surface area contributed by atoms with Gasteiger partial charge in [-0.15, -0.1) is 0 Å². The number of likely N-dealkylation sites (N-methyl/N-ethyl adjacent to an activating group) is 1. The number of carbonyl (C=O) groups excluding carboxylic acids is 2. The molecule has 2 N–H and O–H groups in total. The zero-order valence-corrected chi connectivity index (χ0v) is 19.7. The van der Waals surface area contributed by atoms with Gasteiger partial charge in [0.25, 0.3) is 5.91 Å². The monoisotopic (exact) mass is 428 g/mol. The Balaban J connectivity index is 1.54. The normalized spacial score (nSPS) is 19.3. The number of likely N-dealkylation sites (tertiary alicyclic amines) is 1. The van der Waals surface area contributed by atoms with E-state index in [1.54, 1.807) is 0 Å². The first-order valence-corrected chi connectivity index (χ1v) is 12.0. The van der Waals surface area contributed by atoms with Gasteiger partial charge in [-0.1, -0.05) is 26.2 Å². The maximum absolute atomic E-state index is 12.8. The second-order valence-electron chi connectivity index (χ2n) is 9.77. The van der Waals surface area contributed by atoms with Crippen molar-refractivity contribution in [3.63, 3.8) is 0 Å². The van der Waals surface area contributed by atoms with Gasteiger partial charge in [0.15, 0.2) is 0 Å². The second-order valence-corrected chi connectivity index (χ2v) is 9.77. The average molecular weight is 429 g/mol. The molecular formula is C25H40N4O2. The van der Waals surface area contributed by atoms with Gasteiger partial charge >= 0.3 is 6.03 Å². The molecule has 1 unspecified atom stereocenters. The van der Waals surface area contributed by atoms with Crippen molar-refractivity contribution in [2.45, 2.75) is 64.8 Å². The number of aryl methyl sites for hydroxylation is 1. The van der Waals surface area contributed by atoms with E-state index >= 15 is 0 Å². The highest BCUT2D eigenvalue weighted by Crippen LogP contribution is 2.28. The summed E-state index contributed by atoms with van der Waals surface area (Å²) in [5.74, 6) is 1.43. The molecule has 3 rings (SSSR count). The van der Waals surface area contributed by atoms with Crippen molar-refractivity contribution in [1.29, 1.82) is 0 Å². The van der Waals surface area contributed by atoms with Crippen LogP contribution >= 0.6 is 0 Å². The molecule has 1 atom stereocenters. The third kappa shape index (κ3) is 6.45. The van der Waals surface area contributed by atoms with Gasteiger partial charge < -0.3 is 20.4 Å². The lowest BCUT2D eigenvalue weighted by atomic mass is 9.83. The molecule has 2 fully saturated rings. The van der Waals surface area contributed by atoms with Crippen LogP contribution in [-0.4, -0.2) is 61.5 Å². The molecule has 0 radical (unpaired) electrons. The van der Waals surface area contributed by atoms with E-state index in [-0.39, 0.29) is 11.9 Å². The molecule has 1 aliphatic heterocycles. The van der Waals surface area contributed by atoms with Crippen molar-refractivity contribution in [3.8, 4) is 0 Å². The summed E-state index contributed by atoms with van der Waals surface area (Å²) in [6, 6.07) is 5.74.